The predicted octanol–water partition coefficient (Wildman–Crippen LogP) is 4.02. The van der Waals surface area contributed by atoms with Crippen LogP contribution >= 0.6 is 11.6 Å². The van der Waals surface area contributed by atoms with Crippen molar-refractivity contribution in [1.82, 2.24) is 9.78 Å². The molecule has 1 saturated carbocycles. The molecule has 1 aromatic carbocycles. The van der Waals surface area contributed by atoms with E-state index in [4.69, 9.17) is 11.6 Å². The lowest BCUT2D eigenvalue weighted by Crippen LogP contribution is -2.04. The van der Waals surface area contributed by atoms with Crippen LogP contribution in [0.1, 0.15) is 47.7 Å². The van der Waals surface area contributed by atoms with Gasteiger partial charge in [0.05, 0.1) is 5.69 Å². The van der Waals surface area contributed by atoms with Crippen molar-refractivity contribution in [3.63, 3.8) is 0 Å². The SMILES string of the molecule is O=C(O)c1c(C2CCCC2)nn(-c2ccccc2F)c1Cl. The Bertz CT molecular complexity index is 693. The number of carbonyl (C=O) groups is 1. The molecule has 3 rings (SSSR count). The number of rotatable bonds is 3. The Labute approximate surface area is 126 Å². The number of aromatic carboxylic acids is 1. The van der Waals surface area contributed by atoms with Gasteiger partial charge in [-0.2, -0.15) is 5.10 Å². The highest BCUT2D eigenvalue weighted by molar-refractivity contribution is 6.33. The minimum atomic E-state index is -1.12. The molecule has 4 nitrogen and oxygen atoms in total. The highest BCUT2D eigenvalue weighted by atomic mass is 35.5. The third-order valence-corrected chi connectivity index (χ3v) is 4.24. The van der Waals surface area contributed by atoms with Crippen LogP contribution in [0.15, 0.2) is 24.3 Å². The monoisotopic (exact) mass is 308 g/mol. The Kier molecular flexibility index (Phi) is 3.68. The summed E-state index contributed by atoms with van der Waals surface area (Å²) in [4.78, 5) is 11.5. The van der Waals surface area contributed by atoms with E-state index < -0.39 is 11.8 Å². The van der Waals surface area contributed by atoms with Gasteiger partial charge in [0.25, 0.3) is 0 Å². The average molecular weight is 309 g/mol. The van der Waals surface area contributed by atoms with Crippen LogP contribution in [0.5, 0.6) is 0 Å². The van der Waals surface area contributed by atoms with Gasteiger partial charge >= 0.3 is 5.97 Å². The standard InChI is InChI=1S/C15H14ClFN2O2/c16-14-12(15(20)21)13(9-5-1-2-6-9)18-19(14)11-8-4-3-7-10(11)17/h3-4,7-9H,1-2,5-6H2,(H,20,21). The van der Waals surface area contributed by atoms with E-state index in [9.17, 15) is 14.3 Å². The van der Waals surface area contributed by atoms with Crippen molar-refractivity contribution in [1.29, 1.82) is 0 Å². The first-order valence-corrected chi connectivity index (χ1v) is 7.24. The minimum absolute atomic E-state index is 0.00757. The van der Waals surface area contributed by atoms with Crippen molar-refractivity contribution in [2.24, 2.45) is 0 Å². The molecule has 1 aliphatic rings. The van der Waals surface area contributed by atoms with Crippen LogP contribution < -0.4 is 0 Å². The van der Waals surface area contributed by atoms with Gasteiger partial charge in [0.15, 0.2) is 0 Å². The lowest BCUT2D eigenvalue weighted by Gasteiger charge is -2.06. The van der Waals surface area contributed by atoms with Gasteiger partial charge < -0.3 is 5.11 Å². The number of carboxylic acid groups (broad SMARTS) is 1. The van der Waals surface area contributed by atoms with Crippen molar-refractivity contribution in [2.45, 2.75) is 31.6 Å². The van der Waals surface area contributed by atoms with E-state index in [2.05, 4.69) is 5.10 Å². The van der Waals surface area contributed by atoms with Crippen LogP contribution in [-0.2, 0) is 0 Å². The molecule has 0 radical (unpaired) electrons. The highest BCUT2D eigenvalue weighted by Crippen LogP contribution is 2.38. The normalized spacial score (nSPS) is 15.5. The molecule has 1 aliphatic carbocycles. The second-order valence-corrected chi connectivity index (χ2v) is 5.56. The third-order valence-electron chi connectivity index (χ3n) is 3.89. The summed E-state index contributed by atoms with van der Waals surface area (Å²) in [5, 5.41) is 13.7. The number of aromatic nitrogens is 2. The van der Waals surface area contributed by atoms with Crippen LogP contribution in [0.3, 0.4) is 0 Å². The van der Waals surface area contributed by atoms with E-state index >= 15 is 0 Å². The summed E-state index contributed by atoms with van der Waals surface area (Å²) in [5.41, 5.74) is 0.620. The smallest absolute Gasteiger partial charge is 0.340 e. The van der Waals surface area contributed by atoms with E-state index in [1.807, 2.05) is 0 Å². The molecule has 1 heterocycles. The fraction of sp³-hybridized carbons (Fsp3) is 0.333. The molecule has 2 aromatic rings. The molecule has 0 amide bonds. The second kappa shape index (κ2) is 5.48. The van der Waals surface area contributed by atoms with Crippen molar-refractivity contribution in [2.75, 3.05) is 0 Å². The van der Waals surface area contributed by atoms with Gasteiger partial charge in [0, 0.05) is 5.92 Å². The van der Waals surface area contributed by atoms with Gasteiger partial charge in [-0.1, -0.05) is 36.6 Å². The van der Waals surface area contributed by atoms with Crippen molar-refractivity contribution < 1.29 is 14.3 Å². The Hall–Kier alpha value is -1.88. The summed E-state index contributed by atoms with van der Waals surface area (Å²) in [6.45, 7) is 0. The molecular weight excluding hydrogens is 295 g/mol. The fourth-order valence-corrected chi connectivity index (χ4v) is 3.19. The Morgan fingerprint density at radius 3 is 2.62 bits per heavy atom. The zero-order valence-electron chi connectivity index (χ0n) is 11.2. The maximum absolute atomic E-state index is 13.9. The molecule has 1 N–H and O–H groups in total. The first-order chi connectivity index (χ1) is 10.1. The zero-order valence-corrected chi connectivity index (χ0v) is 12.0. The Morgan fingerprint density at radius 2 is 2.00 bits per heavy atom. The quantitative estimate of drug-likeness (QED) is 0.931. The average Bonchev–Trinajstić information content (AvgIpc) is 3.06. The van der Waals surface area contributed by atoms with Crippen LogP contribution in [-0.4, -0.2) is 20.9 Å². The number of hydrogen-bond donors (Lipinski definition) is 1. The van der Waals surface area contributed by atoms with E-state index in [1.54, 1.807) is 12.1 Å². The number of para-hydroxylation sites is 1. The van der Waals surface area contributed by atoms with Gasteiger partial charge in [0.1, 0.15) is 22.2 Å². The molecule has 0 atom stereocenters. The molecule has 110 valence electrons. The summed E-state index contributed by atoms with van der Waals surface area (Å²) in [6.07, 6.45) is 3.89. The van der Waals surface area contributed by atoms with Crippen LogP contribution in [0.4, 0.5) is 4.39 Å². The summed E-state index contributed by atoms with van der Waals surface area (Å²) in [5.74, 6) is -1.53. The topological polar surface area (TPSA) is 55.1 Å². The summed E-state index contributed by atoms with van der Waals surface area (Å²) in [7, 11) is 0. The second-order valence-electron chi connectivity index (χ2n) is 5.20. The largest absolute Gasteiger partial charge is 0.478 e. The minimum Gasteiger partial charge on any atom is -0.478 e. The summed E-state index contributed by atoms with van der Waals surface area (Å²) in [6, 6.07) is 6.04. The molecule has 0 aliphatic heterocycles. The lowest BCUT2D eigenvalue weighted by atomic mass is 10.0. The highest BCUT2D eigenvalue weighted by Gasteiger charge is 2.30. The number of benzene rings is 1. The summed E-state index contributed by atoms with van der Waals surface area (Å²) < 4.78 is 15.1. The predicted molar refractivity (Wildman–Crippen MR) is 76.7 cm³/mol. The number of carboxylic acids is 1. The first kappa shape index (κ1) is 14.1. The van der Waals surface area contributed by atoms with E-state index in [1.165, 1.54) is 16.8 Å². The molecule has 0 bridgehead atoms. The van der Waals surface area contributed by atoms with Gasteiger partial charge in [-0.05, 0) is 25.0 Å². The molecule has 1 aromatic heterocycles. The zero-order chi connectivity index (χ0) is 15.0. The lowest BCUT2D eigenvalue weighted by molar-refractivity contribution is 0.0695. The van der Waals surface area contributed by atoms with Crippen molar-refractivity contribution >= 4 is 17.6 Å². The van der Waals surface area contributed by atoms with E-state index in [-0.39, 0.29) is 22.3 Å². The van der Waals surface area contributed by atoms with Gasteiger partial charge in [-0.25, -0.2) is 13.9 Å². The molecule has 0 saturated heterocycles. The number of halogens is 2. The van der Waals surface area contributed by atoms with Crippen molar-refractivity contribution in [3.8, 4) is 5.69 Å². The Balaban J connectivity index is 2.17. The van der Waals surface area contributed by atoms with Crippen LogP contribution in [0, 0.1) is 5.82 Å². The van der Waals surface area contributed by atoms with Crippen LogP contribution in [0.25, 0.3) is 5.69 Å². The molecule has 1 fully saturated rings. The Morgan fingerprint density at radius 1 is 1.33 bits per heavy atom. The van der Waals surface area contributed by atoms with Crippen molar-refractivity contribution in [3.05, 3.63) is 46.5 Å². The molecule has 0 unspecified atom stereocenters. The maximum Gasteiger partial charge on any atom is 0.340 e. The third kappa shape index (κ3) is 2.42. The molecular formula is C15H14ClFN2O2. The van der Waals surface area contributed by atoms with Gasteiger partial charge in [-0.3, -0.25) is 0 Å². The summed E-state index contributed by atoms with van der Waals surface area (Å²) >= 11 is 6.16. The van der Waals surface area contributed by atoms with Gasteiger partial charge in [-0.15, -0.1) is 0 Å². The fourth-order valence-electron chi connectivity index (χ4n) is 2.88. The molecule has 21 heavy (non-hydrogen) atoms. The number of hydrogen-bond acceptors (Lipinski definition) is 2. The maximum atomic E-state index is 13.9. The number of nitrogens with zero attached hydrogens (tertiary/aromatic N) is 2. The van der Waals surface area contributed by atoms with E-state index in [0.717, 1.165) is 25.7 Å². The van der Waals surface area contributed by atoms with E-state index in [0.29, 0.717) is 5.69 Å². The molecule has 6 heteroatoms. The van der Waals surface area contributed by atoms with Crippen LogP contribution in [0.2, 0.25) is 5.15 Å². The molecule has 0 spiro atoms. The van der Waals surface area contributed by atoms with Gasteiger partial charge in [0.2, 0.25) is 0 Å². The first-order valence-electron chi connectivity index (χ1n) is 6.86.